The van der Waals surface area contributed by atoms with Crippen LogP contribution in [0, 0.1) is 5.92 Å². The van der Waals surface area contributed by atoms with Gasteiger partial charge in [-0.3, -0.25) is 14.5 Å². The molecule has 2 heterocycles. The quantitative estimate of drug-likeness (QED) is 0.397. The average molecular weight is 556 g/mol. The number of hydrogen-bond acceptors (Lipinski definition) is 6. The summed E-state index contributed by atoms with van der Waals surface area (Å²) in [6.45, 7) is 1.77. The number of nitrogens with zero attached hydrogens (tertiary/aromatic N) is 3. The third kappa shape index (κ3) is 6.33. The number of rotatable bonds is 8. The molecule has 1 fully saturated rings. The van der Waals surface area contributed by atoms with E-state index in [0.717, 1.165) is 17.0 Å². The molecule has 1 aliphatic rings. The van der Waals surface area contributed by atoms with Crippen LogP contribution in [0.5, 0.6) is 5.75 Å². The Hall–Kier alpha value is -4.61. The smallest absolute Gasteiger partial charge is 0.406 e. The van der Waals surface area contributed by atoms with Crippen LogP contribution in [0.15, 0.2) is 72.9 Å². The lowest BCUT2D eigenvalue weighted by atomic mass is 9.81. The summed E-state index contributed by atoms with van der Waals surface area (Å²) in [5.74, 6) is -1.93. The maximum absolute atomic E-state index is 13.6. The summed E-state index contributed by atoms with van der Waals surface area (Å²) >= 11 is 0. The Balaban J connectivity index is 1.55. The number of hydrogen-bond donors (Lipinski definition) is 2. The fraction of sp³-hybridized carbons (Fsp3) is 0.286. The number of amides is 4. The summed E-state index contributed by atoms with van der Waals surface area (Å²) < 4.78 is 41.4. The number of anilines is 2. The van der Waals surface area contributed by atoms with E-state index in [9.17, 15) is 27.6 Å². The Kier molecular flexibility index (Phi) is 8.26. The van der Waals surface area contributed by atoms with Crippen molar-refractivity contribution in [2.45, 2.75) is 38.2 Å². The molecule has 210 valence electrons. The molecule has 0 spiro atoms. The zero-order valence-electron chi connectivity index (χ0n) is 21.8. The first-order valence-electron chi connectivity index (χ1n) is 12.5. The summed E-state index contributed by atoms with van der Waals surface area (Å²) in [6, 6.07) is 14.7. The molecule has 0 bridgehead atoms. The predicted octanol–water partition coefficient (Wildman–Crippen LogP) is 4.46. The van der Waals surface area contributed by atoms with Crippen LogP contribution < -0.4 is 20.7 Å². The number of benzene rings is 2. The SMILES string of the molecule is CCC(NC(=O)N1C(=O)[C@H](Cc2ccnc(N)c2)C1C(=O)N(C)c1ccccc1)c1ccc(OC(F)(F)F)cc1. The molecule has 1 aromatic heterocycles. The van der Waals surface area contributed by atoms with E-state index in [-0.39, 0.29) is 12.2 Å². The molecule has 4 amide bonds. The number of carbonyl (C=O) groups excluding carboxylic acids is 3. The molecule has 0 aliphatic carbocycles. The number of carbonyl (C=O) groups is 3. The van der Waals surface area contributed by atoms with Crippen molar-refractivity contribution in [3.8, 4) is 5.75 Å². The maximum atomic E-state index is 13.6. The number of para-hydroxylation sites is 1. The highest BCUT2D eigenvalue weighted by Crippen LogP contribution is 2.34. The predicted molar refractivity (Wildman–Crippen MR) is 141 cm³/mol. The monoisotopic (exact) mass is 555 g/mol. The van der Waals surface area contributed by atoms with Crippen LogP contribution in [-0.2, 0) is 16.0 Å². The first-order valence-corrected chi connectivity index (χ1v) is 12.5. The van der Waals surface area contributed by atoms with Gasteiger partial charge in [-0.1, -0.05) is 37.3 Å². The van der Waals surface area contributed by atoms with Gasteiger partial charge < -0.3 is 20.7 Å². The molecule has 0 radical (unpaired) electrons. The minimum absolute atomic E-state index is 0.173. The lowest BCUT2D eigenvalue weighted by Crippen LogP contribution is -2.70. The van der Waals surface area contributed by atoms with Gasteiger partial charge in [-0.15, -0.1) is 13.2 Å². The van der Waals surface area contributed by atoms with E-state index in [2.05, 4.69) is 15.0 Å². The number of likely N-dealkylation sites (tertiary alicyclic amines) is 1. The standard InChI is InChI=1S/C28H28F3N5O4/c1-3-22(18-9-11-20(12-10-18)40-28(29,30)31)34-27(39)36-24(26(38)35(2)19-7-5-4-6-8-19)21(25(36)37)15-17-13-14-33-23(32)16-17/h4-14,16,21-22,24H,3,15H2,1-2H3,(H2,32,33)(H,34,39)/t21-,22?,24?/m1/s1. The van der Waals surface area contributed by atoms with Crippen LogP contribution in [0.4, 0.5) is 29.5 Å². The lowest BCUT2D eigenvalue weighted by molar-refractivity contribution is -0.274. The van der Waals surface area contributed by atoms with E-state index in [1.165, 1.54) is 23.2 Å². The number of halogens is 3. The van der Waals surface area contributed by atoms with E-state index >= 15 is 0 Å². The number of alkyl halides is 3. The molecule has 2 unspecified atom stereocenters. The first kappa shape index (κ1) is 28.4. The largest absolute Gasteiger partial charge is 0.573 e. The van der Waals surface area contributed by atoms with Crippen molar-refractivity contribution in [3.63, 3.8) is 0 Å². The van der Waals surface area contributed by atoms with Gasteiger partial charge in [0, 0.05) is 18.9 Å². The van der Waals surface area contributed by atoms with Gasteiger partial charge in [0.05, 0.1) is 12.0 Å². The van der Waals surface area contributed by atoms with E-state index in [1.54, 1.807) is 56.4 Å². The van der Waals surface area contributed by atoms with Crippen molar-refractivity contribution in [1.82, 2.24) is 15.2 Å². The van der Waals surface area contributed by atoms with Crippen LogP contribution in [-0.4, -0.2) is 47.2 Å². The number of aromatic nitrogens is 1. The minimum Gasteiger partial charge on any atom is -0.406 e. The first-order chi connectivity index (χ1) is 19.0. The number of nitrogens with one attached hydrogen (secondary N) is 1. The number of likely N-dealkylation sites (N-methyl/N-ethyl adjacent to an activating group) is 1. The summed E-state index contributed by atoms with van der Waals surface area (Å²) in [5, 5.41) is 2.74. The second kappa shape index (κ2) is 11.6. The number of β-lactam (4-membered cyclic amide) rings is 1. The Morgan fingerprint density at radius 3 is 2.40 bits per heavy atom. The van der Waals surface area contributed by atoms with Crippen molar-refractivity contribution >= 4 is 29.4 Å². The molecule has 3 atom stereocenters. The second-order valence-corrected chi connectivity index (χ2v) is 9.31. The van der Waals surface area contributed by atoms with Crippen molar-refractivity contribution in [1.29, 1.82) is 0 Å². The summed E-state index contributed by atoms with van der Waals surface area (Å²) in [5.41, 5.74) is 7.57. The molecule has 1 saturated heterocycles. The Morgan fingerprint density at radius 1 is 1.12 bits per heavy atom. The molecule has 9 nitrogen and oxygen atoms in total. The molecule has 12 heteroatoms. The highest BCUT2D eigenvalue weighted by molar-refractivity contribution is 6.12. The van der Waals surface area contributed by atoms with Crippen LogP contribution in [0.2, 0.25) is 0 Å². The van der Waals surface area contributed by atoms with Crippen LogP contribution >= 0.6 is 0 Å². The zero-order valence-corrected chi connectivity index (χ0v) is 21.8. The van der Waals surface area contributed by atoms with Gasteiger partial charge in [0.1, 0.15) is 17.6 Å². The number of urea groups is 1. The fourth-order valence-corrected chi connectivity index (χ4v) is 4.65. The van der Waals surface area contributed by atoms with E-state index < -0.39 is 48.0 Å². The van der Waals surface area contributed by atoms with Crippen LogP contribution in [0.1, 0.15) is 30.5 Å². The normalized spacial score (nSPS) is 17.5. The lowest BCUT2D eigenvalue weighted by Gasteiger charge is -2.46. The zero-order chi connectivity index (χ0) is 29.0. The molecular formula is C28H28F3N5O4. The third-order valence-corrected chi connectivity index (χ3v) is 6.68. The van der Waals surface area contributed by atoms with Gasteiger partial charge in [0.2, 0.25) is 5.91 Å². The van der Waals surface area contributed by atoms with E-state index in [4.69, 9.17) is 5.73 Å². The molecular weight excluding hydrogens is 527 g/mol. The summed E-state index contributed by atoms with van der Waals surface area (Å²) in [7, 11) is 1.57. The molecule has 0 saturated carbocycles. The van der Waals surface area contributed by atoms with Crippen molar-refractivity contribution < 1.29 is 32.3 Å². The number of ether oxygens (including phenoxy) is 1. The maximum Gasteiger partial charge on any atom is 0.573 e. The second-order valence-electron chi connectivity index (χ2n) is 9.31. The molecule has 40 heavy (non-hydrogen) atoms. The highest BCUT2D eigenvalue weighted by Gasteiger charge is 2.55. The highest BCUT2D eigenvalue weighted by atomic mass is 19.4. The van der Waals surface area contributed by atoms with Gasteiger partial charge in [-0.05, 0) is 60.4 Å². The van der Waals surface area contributed by atoms with E-state index in [0.29, 0.717) is 23.2 Å². The fourth-order valence-electron chi connectivity index (χ4n) is 4.65. The Labute approximate surface area is 228 Å². The average Bonchev–Trinajstić information content (AvgIpc) is 2.92. The van der Waals surface area contributed by atoms with Crippen molar-refractivity contribution in [2.75, 3.05) is 17.7 Å². The van der Waals surface area contributed by atoms with Gasteiger partial charge in [0.25, 0.3) is 5.91 Å². The minimum atomic E-state index is -4.83. The molecule has 1 aliphatic heterocycles. The van der Waals surface area contributed by atoms with Gasteiger partial charge in [-0.25, -0.2) is 9.78 Å². The van der Waals surface area contributed by atoms with Gasteiger partial charge >= 0.3 is 12.4 Å². The van der Waals surface area contributed by atoms with Crippen molar-refractivity contribution in [2.24, 2.45) is 5.92 Å². The summed E-state index contributed by atoms with van der Waals surface area (Å²) in [4.78, 5) is 46.5. The molecule has 2 aromatic carbocycles. The number of nitrogens with two attached hydrogens (primary N) is 1. The molecule has 3 aromatic rings. The van der Waals surface area contributed by atoms with Crippen molar-refractivity contribution in [3.05, 3.63) is 84.1 Å². The number of nitrogen functional groups attached to an aromatic ring is 1. The van der Waals surface area contributed by atoms with E-state index in [1.807, 2.05) is 0 Å². The van der Waals surface area contributed by atoms with Crippen LogP contribution in [0.3, 0.4) is 0 Å². The van der Waals surface area contributed by atoms with Gasteiger partial charge in [-0.2, -0.15) is 0 Å². The number of pyridine rings is 1. The summed E-state index contributed by atoms with van der Waals surface area (Å²) in [6.07, 6.45) is -2.78. The third-order valence-electron chi connectivity index (χ3n) is 6.68. The molecule has 3 N–H and O–H groups in total. The Morgan fingerprint density at radius 2 is 1.80 bits per heavy atom. The number of imide groups is 1. The topological polar surface area (TPSA) is 118 Å². The van der Waals surface area contributed by atoms with Crippen LogP contribution in [0.25, 0.3) is 0 Å². The Bertz CT molecular complexity index is 1370. The molecule has 4 rings (SSSR count). The van der Waals surface area contributed by atoms with Gasteiger partial charge in [0.15, 0.2) is 0 Å².